The number of allylic oxidation sites excluding steroid dienone is 2. The summed E-state index contributed by atoms with van der Waals surface area (Å²) in [6.07, 6.45) is 5.03. The van der Waals surface area contributed by atoms with E-state index in [1.807, 2.05) is 24.0 Å². The van der Waals surface area contributed by atoms with Crippen LogP contribution < -0.4 is 5.32 Å². The van der Waals surface area contributed by atoms with E-state index in [0.717, 1.165) is 13.1 Å². The van der Waals surface area contributed by atoms with Crippen LogP contribution in [0, 0.1) is 19.3 Å². The highest BCUT2D eigenvalue weighted by Crippen LogP contribution is 2.31. The summed E-state index contributed by atoms with van der Waals surface area (Å²) in [7, 11) is 0. The molecule has 1 unspecified atom stereocenters. The Labute approximate surface area is 146 Å². The summed E-state index contributed by atoms with van der Waals surface area (Å²) in [6, 6.07) is 6.73. The van der Waals surface area contributed by atoms with Gasteiger partial charge in [0, 0.05) is 19.6 Å². The van der Waals surface area contributed by atoms with Crippen molar-refractivity contribution in [3.63, 3.8) is 0 Å². The van der Waals surface area contributed by atoms with E-state index in [1.165, 1.54) is 16.7 Å². The number of benzene rings is 1. The molecule has 1 saturated heterocycles. The zero-order chi connectivity index (χ0) is 17.7. The van der Waals surface area contributed by atoms with Crippen LogP contribution in [0.5, 0.6) is 0 Å². The number of carbonyl (C=O) groups excluding carboxylic acids is 1. The zero-order valence-electron chi connectivity index (χ0n) is 15.3. The number of rotatable bonds is 6. The van der Waals surface area contributed by atoms with E-state index in [0.29, 0.717) is 19.4 Å². The van der Waals surface area contributed by atoms with Gasteiger partial charge >= 0.3 is 0 Å². The molecule has 1 amide bonds. The summed E-state index contributed by atoms with van der Waals surface area (Å²) in [5.41, 5.74) is 3.40. The number of nitrogens with zero attached hydrogens (tertiary/aromatic N) is 1. The van der Waals surface area contributed by atoms with E-state index in [1.54, 1.807) is 0 Å². The molecule has 3 heteroatoms. The molecule has 1 N–H and O–H groups in total. The van der Waals surface area contributed by atoms with E-state index < -0.39 is 5.41 Å². The lowest BCUT2D eigenvalue weighted by atomic mass is 9.81. The first-order chi connectivity index (χ1) is 11.4. The normalized spacial score (nSPS) is 18.3. The maximum absolute atomic E-state index is 13.1. The summed E-state index contributed by atoms with van der Waals surface area (Å²) in [5.74, 6) is 0.207. The molecule has 130 valence electrons. The SMILES string of the molecule is C=CCC(C)(CC=C)C(=O)N1CCNC(c2ccc(C)cc2C)C1. The van der Waals surface area contributed by atoms with E-state index in [9.17, 15) is 4.79 Å². The first-order valence-electron chi connectivity index (χ1n) is 8.73. The molecule has 1 heterocycles. The average Bonchev–Trinajstić information content (AvgIpc) is 2.54. The van der Waals surface area contributed by atoms with Gasteiger partial charge in [-0.15, -0.1) is 13.2 Å². The molecular formula is C21H30N2O. The number of nitrogens with one attached hydrogen (secondary N) is 1. The molecule has 0 aromatic heterocycles. The highest BCUT2D eigenvalue weighted by molar-refractivity contribution is 5.83. The Bertz CT molecular complexity index is 610. The van der Waals surface area contributed by atoms with E-state index in [-0.39, 0.29) is 11.9 Å². The van der Waals surface area contributed by atoms with Crippen molar-refractivity contribution in [3.05, 3.63) is 60.2 Å². The fourth-order valence-electron chi connectivity index (χ4n) is 3.64. The lowest BCUT2D eigenvalue weighted by Crippen LogP contribution is -2.52. The van der Waals surface area contributed by atoms with Crippen molar-refractivity contribution in [2.45, 2.75) is 39.7 Å². The number of aryl methyl sites for hydroxylation is 2. The van der Waals surface area contributed by atoms with Gasteiger partial charge in [-0.3, -0.25) is 4.79 Å². The Hall–Kier alpha value is -1.87. The Balaban J connectivity index is 2.18. The minimum Gasteiger partial charge on any atom is -0.339 e. The Kier molecular flexibility index (Phi) is 6.00. The van der Waals surface area contributed by atoms with Gasteiger partial charge in [-0.25, -0.2) is 0 Å². The summed E-state index contributed by atoms with van der Waals surface area (Å²) >= 11 is 0. The van der Waals surface area contributed by atoms with Crippen molar-refractivity contribution in [1.29, 1.82) is 0 Å². The van der Waals surface area contributed by atoms with Crippen molar-refractivity contribution in [2.75, 3.05) is 19.6 Å². The van der Waals surface area contributed by atoms with Crippen LogP contribution in [-0.2, 0) is 4.79 Å². The summed E-state index contributed by atoms with van der Waals surface area (Å²) < 4.78 is 0. The minimum absolute atomic E-state index is 0.194. The van der Waals surface area contributed by atoms with Gasteiger partial charge in [-0.05, 0) is 37.8 Å². The van der Waals surface area contributed by atoms with E-state index in [2.05, 4.69) is 50.5 Å². The van der Waals surface area contributed by atoms with Gasteiger partial charge in [0.05, 0.1) is 11.5 Å². The molecule has 1 aromatic rings. The molecule has 1 aromatic carbocycles. The Morgan fingerprint density at radius 3 is 2.58 bits per heavy atom. The molecule has 0 spiro atoms. The topological polar surface area (TPSA) is 32.3 Å². The molecule has 1 aliphatic rings. The van der Waals surface area contributed by atoms with Gasteiger partial charge < -0.3 is 10.2 Å². The predicted molar refractivity (Wildman–Crippen MR) is 101 cm³/mol. The second-order valence-electron chi connectivity index (χ2n) is 7.16. The monoisotopic (exact) mass is 326 g/mol. The largest absolute Gasteiger partial charge is 0.339 e. The first kappa shape index (κ1) is 18.5. The predicted octanol–water partition coefficient (Wildman–Crippen LogP) is 3.93. The number of amides is 1. The van der Waals surface area contributed by atoms with Crippen LogP contribution in [0.4, 0.5) is 0 Å². The van der Waals surface area contributed by atoms with Gasteiger partial charge in [0.1, 0.15) is 0 Å². The molecule has 0 radical (unpaired) electrons. The van der Waals surface area contributed by atoms with Crippen LogP contribution in [0.2, 0.25) is 0 Å². The van der Waals surface area contributed by atoms with Crippen LogP contribution in [0.3, 0.4) is 0 Å². The summed E-state index contributed by atoms with van der Waals surface area (Å²) in [6.45, 7) is 16.2. The van der Waals surface area contributed by atoms with E-state index >= 15 is 0 Å². The molecule has 1 fully saturated rings. The maximum atomic E-state index is 13.1. The van der Waals surface area contributed by atoms with Crippen LogP contribution >= 0.6 is 0 Å². The molecular weight excluding hydrogens is 296 g/mol. The lowest BCUT2D eigenvalue weighted by Gasteiger charge is -2.39. The van der Waals surface area contributed by atoms with Crippen molar-refractivity contribution in [3.8, 4) is 0 Å². The molecule has 1 atom stereocenters. The second-order valence-corrected chi connectivity index (χ2v) is 7.16. The van der Waals surface area contributed by atoms with Crippen LogP contribution in [-0.4, -0.2) is 30.4 Å². The van der Waals surface area contributed by atoms with Gasteiger partial charge in [0.15, 0.2) is 0 Å². The molecule has 1 aliphatic heterocycles. The summed E-state index contributed by atoms with van der Waals surface area (Å²) in [5, 5.41) is 3.56. The fourth-order valence-corrected chi connectivity index (χ4v) is 3.64. The highest BCUT2D eigenvalue weighted by atomic mass is 16.2. The molecule has 0 bridgehead atoms. The van der Waals surface area contributed by atoms with Crippen molar-refractivity contribution in [1.82, 2.24) is 10.2 Å². The van der Waals surface area contributed by atoms with Gasteiger partial charge in [0.25, 0.3) is 0 Å². The molecule has 24 heavy (non-hydrogen) atoms. The summed E-state index contributed by atoms with van der Waals surface area (Å²) in [4.78, 5) is 15.1. The van der Waals surface area contributed by atoms with Crippen molar-refractivity contribution < 1.29 is 4.79 Å². The highest BCUT2D eigenvalue weighted by Gasteiger charge is 2.36. The molecule has 0 saturated carbocycles. The first-order valence-corrected chi connectivity index (χ1v) is 8.73. The van der Waals surface area contributed by atoms with Crippen LogP contribution in [0.1, 0.15) is 42.5 Å². The van der Waals surface area contributed by atoms with Gasteiger partial charge in [0.2, 0.25) is 5.91 Å². The molecule has 2 rings (SSSR count). The number of hydrogen-bond acceptors (Lipinski definition) is 2. The average molecular weight is 326 g/mol. The second kappa shape index (κ2) is 7.80. The minimum atomic E-state index is -0.437. The van der Waals surface area contributed by atoms with Crippen molar-refractivity contribution >= 4 is 5.91 Å². The Morgan fingerprint density at radius 1 is 1.33 bits per heavy atom. The number of carbonyl (C=O) groups is 1. The van der Waals surface area contributed by atoms with Crippen molar-refractivity contribution in [2.24, 2.45) is 5.41 Å². The third-order valence-electron chi connectivity index (χ3n) is 4.97. The smallest absolute Gasteiger partial charge is 0.229 e. The third-order valence-corrected chi connectivity index (χ3v) is 4.97. The van der Waals surface area contributed by atoms with E-state index in [4.69, 9.17) is 0 Å². The lowest BCUT2D eigenvalue weighted by molar-refractivity contribution is -0.142. The number of hydrogen-bond donors (Lipinski definition) is 1. The number of piperazine rings is 1. The quantitative estimate of drug-likeness (QED) is 0.803. The standard InChI is InChI=1S/C21H30N2O/c1-6-10-21(5,11-7-2)20(24)23-13-12-22-19(15-23)18-9-8-16(3)14-17(18)4/h6-9,14,19,22H,1-2,10-13,15H2,3-5H3. The fraction of sp³-hybridized carbons (Fsp3) is 0.476. The van der Waals surface area contributed by atoms with Gasteiger partial charge in [-0.2, -0.15) is 0 Å². The molecule has 3 nitrogen and oxygen atoms in total. The molecule has 0 aliphatic carbocycles. The van der Waals surface area contributed by atoms with Crippen LogP contribution in [0.15, 0.2) is 43.5 Å². The van der Waals surface area contributed by atoms with Gasteiger partial charge in [-0.1, -0.05) is 42.8 Å². The Morgan fingerprint density at radius 2 is 2.00 bits per heavy atom. The third kappa shape index (κ3) is 3.96. The zero-order valence-corrected chi connectivity index (χ0v) is 15.3. The van der Waals surface area contributed by atoms with Crippen LogP contribution in [0.25, 0.3) is 0 Å². The maximum Gasteiger partial charge on any atom is 0.229 e.